The lowest BCUT2D eigenvalue weighted by atomic mass is 10.0. The van der Waals surface area contributed by atoms with Crippen LogP contribution in [0.5, 0.6) is 0 Å². The summed E-state index contributed by atoms with van der Waals surface area (Å²) in [6.45, 7) is 1.26. The lowest BCUT2D eigenvalue weighted by molar-refractivity contribution is -0.138. The fourth-order valence-electron chi connectivity index (χ4n) is 2.66. The van der Waals surface area contributed by atoms with E-state index in [4.69, 9.17) is 0 Å². The zero-order chi connectivity index (χ0) is 14.1. The second-order valence-corrected chi connectivity index (χ2v) is 5.87. The van der Waals surface area contributed by atoms with Gasteiger partial charge in [-0.25, -0.2) is 0 Å². The molecule has 1 atom stereocenters. The average molecular weight is 332 g/mol. The normalized spacial score (nSPS) is 17.1. The molecule has 0 saturated carbocycles. The highest BCUT2D eigenvalue weighted by molar-refractivity contribution is 9.10. The fourth-order valence-corrected chi connectivity index (χ4v) is 2.92. The molecule has 0 spiro atoms. The van der Waals surface area contributed by atoms with Crippen LogP contribution >= 0.6 is 15.9 Å². The van der Waals surface area contributed by atoms with E-state index in [2.05, 4.69) is 33.0 Å². The Morgan fingerprint density at radius 1 is 1.20 bits per heavy atom. The molecule has 3 rings (SSSR count). The molecule has 0 aliphatic carbocycles. The van der Waals surface area contributed by atoms with E-state index in [-0.39, 0.29) is 0 Å². The molecule has 0 bridgehead atoms. The number of carbonyl (C=O) groups is 1. The van der Waals surface area contributed by atoms with E-state index in [1.165, 1.54) is 5.56 Å². The van der Waals surface area contributed by atoms with Gasteiger partial charge in [0.05, 0.1) is 0 Å². The third kappa shape index (κ3) is 2.43. The van der Waals surface area contributed by atoms with Gasteiger partial charge in [-0.05, 0) is 29.3 Å². The zero-order valence-electron chi connectivity index (χ0n) is 10.8. The smallest absolute Gasteiger partial charge is 0.312 e. The van der Waals surface area contributed by atoms with Crippen LogP contribution in [0.2, 0.25) is 0 Å². The number of carboxylic acids is 1. The number of rotatable bonds is 3. The standard InChI is InChI=1S/C16H14BrNO2/c17-12-7-5-11(6-8-12)9-18-10-14(16(19)20)13-3-1-2-4-15(13)18/h1-8,14H,9-10H2,(H,19,20). The number of anilines is 1. The Bertz CT molecular complexity index is 639. The van der Waals surface area contributed by atoms with Crippen LogP contribution in [0.25, 0.3) is 0 Å². The van der Waals surface area contributed by atoms with Gasteiger partial charge in [-0.15, -0.1) is 0 Å². The number of hydrogen-bond acceptors (Lipinski definition) is 2. The predicted octanol–water partition coefficient (Wildman–Crippen LogP) is 3.64. The van der Waals surface area contributed by atoms with Gasteiger partial charge in [0.25, 0.3) is 0 Å². The van der Waals surface area contributed by atoms with Crippen LogP contribution in [-0.2, 0) is 11.3 Å². The first-order valence-corrected chi connectivity index (χ1v) is 7.25. The van der Waals surface area contributed by atoms with Crippen molar-refractivity contribution < 1.29 is 9.90 Å². The molecule has 2 aromatic rings. The molecule has 0 amide bonds. The van der Waals surface area contributed by atoms with Crippen molar-refractivity contribution in [2.24, 2.45) is 0 Å². The van der Waals surface area contributed by atoms with Crippen molar-refractivity contribution in [2.75, 3.05) is 11.4 Å². The Hall–Kier alpha value is -1.81. The SMILES string of the molecule is O=C(O)C1CN(Cc2ccc(Br)cc2)c2ccccc21. The minimum absolute atomic E-state index is 0.429. The van der Waals surface area contributed by atoms with Crippen molar-refractivity contribution >= 4 is 27.6 Å². The van der Waals surface area contributed by atoms with Gasteiger partial charge in [0.1, 0.15) is 5.92 Å². The van der Waals surface area contributed by atoms with Gasteiger partial charge in [0, 0.05) is 23.2 Å². The molecule has 0 fully saturated rings. The first kappa shape index (κ1) is 13.2. The maximum Gasteiger partial charge on any atom is 0.312 e. The lowest BCUT2D eigenvalue weighted by Gasteiger charge is -2.19. The number of carboxylic acid groups (broad SMARTS) is 1. The Labute approximate surface area is 126 Å². The van der Waals surface area contributed by atoms with Crippen LogP contribution in [0.4, 0.5) is 5.69 Å². The second kappa shape index (κ2) is 5.29. The van der Waals surface area contributed by atoms with Gasteiger partial charge in [-0.2, -0.15) is 0 Å². The lowest BCUT2D eigenvalue weighted by Crippen LogP contribution is -2.24. The zero-order valence-corrected chi connectivity index (χ0v) is 12.4. The number of hydrogen-bond donors (Lipinski definition) is 1. The van der Waals surface area contributed by atoms with Crippen molar-refractivity contribution in [3.05, 3.63) is 64.1 Å². The van der Waals surface area contributed by atoms with Crippen LogP contribution in [0.3, 0.4) is 0 Å². The van der Waals surface area contributed by atoms with Crippen LogP contribution in [-0.4, -0.2) is 17.6 Å². The first-order chi connectivity index (χ1) is 9.65. The number of halogens is 1. The van der Waals surface area contributed by atoms with Crippen LogP contribution in [0.1, 0.15) is 17.0 Å². The van der Waals surface area contributed by atoms with E-state index >= 15 is 0 Å². The Kier molecular flexibility index (Phi) is 3.49. The van der Waals surface area contributed by atoms with Gasteiger partial charge in [-0.3, -0.25) is 4.79 Å². The van der Waals surface area contributed by atoms with Crippen molar-refractivity contribution in [2.45, 2.75) is 12.5 Å². The summed E-state index contributed by atoms with van der Waals surface area (Å²) < 4.78 is 1.05. The third-order valence-corrected chi connectivity index (χ3v) is 4.17. The van der Waals surface area contributed by atoms with E-state index in [1.54, 1.807) is 0 Å². The molecule has 0 saturated heterocycles. The highest BCUT2D eigenvalue weighted by Crippen LogP contribution is 2.37. The molecule has 1 N–H and O–H groups in total. The molecule has 2 aromatic carbocycles. The van der Waals surface area contributed by atoms with Crippen LogP contribution in [0, 0.1) is 0 Å². The van der Waals surface area contributed by atoms with Crippen molar-refractivity contribution in [3.8, 4) is 0 Å². The maximum atomic E-state index is 11.4. The number of nitrogens with zero attached hydrogens (tertiary/aromatic N) is 1. The summed E-state index contributed by atoms with van der Waals surface area (Å²) in [6.07, 6.45) is 0. The second-order valence-electron chi connectivity index (χ2n) is 4.96. The molecule has 1 aliphatic heterocycles. The van der Waals surface area contributed by atoms with Gasteiger partial charge < -0.3 is 10.0 Å². The van der Waals surface area contributed by atoms with Gasteiger partial charge in [0.2, 0.25) is 0 Å². The minimum atomic E-state index is -0.754. The molecular weight excluding hydrogens is 318 g/mol. The molecule has 0 radical (unpaired) electrons. The van der Waals surface area contributed by atoms with E-state index in [1.807, 2.05) is 36.4 Å². The van der Waals surface area contributed by atoms with Crippen molar-refractivity contribution in [1.82, 2.24) is 0 Å². The van der Waals surface area contributed by atoms with Crippen molar-refractivity contribution in [3.63, 3.8) is 0 Å². The summed E-state index contributed by atoms with van der Waals surface area (Å²) >= 11 is 3.42. The largest absolute Gasteiger partial charge is 0.481 e. The highest BCUT2D eigenvalue weighted by atomic mass is 79.9. The summed E-state index contributed by atoms with van der Waals surface area (Å²) in [5.41, 5.74) is 3.12. The molecule has 4 heteroatoms. The van der Waals surface area contributed by atoms with Crippen LogP contribution in [0.15, 0.2) is 53.0 Å². The molecule has 20 heavy (non-hydrogen) atoms. The van der Waals surface area contributed by atoms with Crippen molar-refractivity contribution in [1.29, 1.82) is 0 Å². The van der Waals surface area contributed by atoms with E-state index in [0.29, 0.717) is 6.54 Å². The summed E-state index contributed by atoms with van der Waals surface area (Å²) in [5.74, 6) is -1.18. The number of fused-ring (bicyclic) bond motifs is 1. The van der Waals surface area contributed by atoms with Gasteiger partial charge in [-0.1, -0.05) is 46.3 Å². The Balaban J connectivity index is 1.88. The van der Waals surface area contributed by atoms with Gasteiger partial charge >= 0.3 is 5.97 Å². The van der Waals surface area contributed by atoms with Gasteiger partial charge in [0.15, 0.2) is 0 Å². The minimum Gasteiger partial charge on any atom is -0.481 e. The van der Waals surface area contributed by atoms with E-state index in [9.17, 15) is 9.90 Å². The highest BCUT2D eigenvalue weighted by Gasteiger charge is 2.32. The summed E-state index contributed by atoms with van der Waals surface area (Å²) in [6, 6.07) is 15.9. The van der Waals surface area contributed by atoms with Crippen LogP contribution < -0.4 is 4.90 Å². The van der Waals surface area contributed by atoms with E-state index in [0.717, 1.165) is 22.3 Å². The summed E-state index contributed by atoms with van der Waals surface area (Å²) in [7, 11) is 0. The molecule has 1 unspecified atom stereocenters. The summed E-state index contributed by atoms with van der Waals surface area (Å²) in [5, 5.41) is 9.35. The monoisotopic (exact) mass is 331 g/mol. The molecule has 1 heterocycles. The molecule has 1 aliphatic rings. The van der Waals surface area contributed by atoms with E-state index < -0.39 is 11.9 Å². The Morgan fingerprint density at radius 2 is 1.90 bits per heavy atom. The average Bonchev–Trinajstić information content (AvgIpc) is 2.81. The third-order valence-electron chi connectivity index (χ3n) is 3.64. The number of para-hydroxylation sites is 1. The fraction of sp³-hybridized carbons (Fsp3) is 0.188. The molecule has 102 valence electrons. The maximum absolute atomic E-state index is 11.4. The quantitative estimate of drug-likeness (QED) is 0.933. The Morgan fingerprint density at radius 3 is 2.60 bits per heavy atom. The molecule has 3 nitrogen and oxygen atoms in total. The molecular formula is C16H14BrNO2. The summed E-state index contributed by atoms with van der Waals surface area (Å²) in [4.78, 5) is 13.5. The topological polar surface area (TPSA) is 40.5 Å². The first-order valence-electron chi connectivity index (χ1n) is 6.46. The number of aliphatic carboxylic acids is 1. The molecule has 0 aromatic heterocycles. The number of benzene rings is 2. The predicted molar refractivity (Wildman–Crippen MR) is 82.0 cm³/mol.